The van der Waals surface area contributed by atoms with Crippen LogP contribution in [0.4, 0.5) is 10.1 Å². The highest BCUT2D eigenvalue weighted by Crippen LogP contribution is 2.16. The zero-order valence-electron chi connectivity index (χ0n) is 10.7. The number of nitrogens with zero attached hydrogens (tertiary/aromatic N) is 1. The molecule has 0 aliphatic carbocycles. The molecule has 0 radical (unpaired) electrons. The summed E-state index contributed by atoms with van der Waals surface area (Å²) in [5, 5.41) is 8.65. The smallest absolute Gasteiger partial charge is 0.307 e. The molecule has 110 valence electrons. The average Bonchev–Trinajstić information content (AvgIpc) is 2.41. The summed E-state index contributed by atoms with van der Waals surface area (Å²) in [5.74, 6) is -1.71. The van der Waals surface area contributed by atoms with Gasteiger partial charge in [-0.2, -0.15) is 4.39 Å². The van der Waals surface area contributed by atoms with Gasteiger partial charge in [-0.3, -0.25) is 9.52 Å². The Kier molecular flexibility index (Phi) is 4.18. The average molecular weight is 310 g/mol. The number of carboxylic acids is 1. The number of rotatable bonds is 5. The molecule has 2 aromatic rings. The number of nitrogens with one attached hydrogen (secondary N) is 1. The molecular weight excluding hydrogens is 299 g/mol. The van der Waals surface area contributed by atoms with Gasteiger partial charge in [-0.25, -0.2) is 13.4 Å². The van der Waals surface area contributed by atoms with E-state index in [0.717, 1.165) is 12.3 Å². The fraction of sp³-hybridized carbons (Fsp3) is 0.0769. The lowest BCUT2D eigenvalue weighted by atomic mass is 10.2. The van der Waals surface area contributed by atoms with Crippen molar-refractivity contribution in [2.24, 2.45) is 0 Å². The molecule has 2 rings (SSSR count). The lowest BCUT2D eigenvalue weighted by Gasteiger charge is -2.08. The van der Waals surface area contributed by atoms with Crippen LogP contribution in [0.2, 0.25) is 0 Å². The second-order valence-electron chi connectivity index (χ2n) is 4.19. The summed E-state index contributed by atoms with van der Waals surface area (Å²) in [6.45, 7) is 0. The van der Waals surface area contributed by atoms with Crippen LogP contribution in [-0.2, 0) is 21.2 Å². The van der Waals surface area contributed by atoms with Crippen molar-refractivity contribution in [1.82, 2.24) is 4.98 Å². The molecule has 0 spiro atoms. The van der Waals surface area contributed by atoms with Crippen molar-refractivity contribution in [3.63, 3.8) is 0 Å². The van der Waals surface area contributed by atoms with Gasteiger partial charge in [0.25, 0.3) is 10.0 Å². The molecular formula is C13H11FN2O4S. The molecule has 0 unspecified atom stereocenters. The first-order valence-corrected chi connectivity index (χ1v) is 7.30. The maximum absolute atomic E-state index is 12.7. The van der Waals surface area contributed by atoms with Gasteiger partial charge in [0.2, 0.25) is 5.95 Å². The minimum atomic E-state index is -3.83. The lowest BCUT2D eigenvalue weighted by molar-refractivity contribution is -0.136. The first kappa shape index (κ1) is 14.9. The highest BCUT2D eigenvalue weighted by atomic mass is 32.2. The highest BCUT2D eigenvalue weighted by Gasteiger charge is 2.14. The number of halogens is 1. The third kappa shape index (κ3) is 3.99. The molecule has 1 aromatic heterocycles. The standard InChI is InChI=1S/C13H11FN2O4S/c14-12-6-3-10(8-15-12)16-21(19,20)11-4-1-9(2-5-11)7-13(17)18/h1-6,8,16H,7H2,(H,17,18). The Morgan fingerprint density at radius 1 is 1.19 bits per heavy atom. The van der Waals surface area contributed by atoms with E-state index in [1.165, 1.54) is 30.3 Å². The maximum Gasteiger partial charge on any atom is 0.307 e. The third-order valence-electron chi connectivity index (χ3n) is 2.57. The summed E-state index contributed by atoms with van der Waals surface area (Å²) in [4.78, 5) is 13.9. The molecule has 0 aliphatic heterocycles. The number of sulfonamides is 1. The molecule has 0 aliphatic rings. The highest BCUT2D eigenvalue weighted by molar-refractivity contribution is 7.92. The number of hydrogen-bond acceptors (Lipinski definition) is 4. The van der Waals surface area contributed by atoms with E-state index in [2.05, 4.69) is 9.71 Å². The number of benzene rings is 1. The van der Waals surface area contributed by atoms with Gasteiger partial charge in [0.15, 0.2) is 0 Å². The molecule has 6 nitrogen and oxygen atoms in total. The molecule has 21 heavy (non-hydrogen) atoms. The molecule has 0 fully saturated rings. The van der Waals surface area contributed by atoms with Gasteiger partial charge in [-0.1, -0.05) is 12.1 Å². The van der Waals surface area contributed by atoms with Crippen molar-refractivity contribution in [2.75, 3.05) is 4.72 Å². The van der Waals surface area contributed by atoms with E-state index in [1.54, 1.807) is 0 Å². The largest absolute Gasteiger partial charge is 0.481 e. The third-order valence-corrected chi connectivity index (χ3v) is 3.97. The van der Waals surface area contributed by atoms with E-state index in [9.17, 15) is 17.6 Å². The summed E-state index contributed by atoms with van der Waals surface area (Å²) >= 11 is 0. The summed E-state index contributed by atoms with van der Waals surface area (Å²) < 4.78 is 39.0. The Bertz CT molecular complexity index is 743. The van der Waals surface area contributed by atoms with Crippen molar-refractivity contribution in [1.29, 1.82) is 0 Å². The Morgan fingerprint density at radius 2 is 1.86 bits per heavy atom. The van der Waals surface area contributed by atoms with E-state index in [1.807, 2.05) is 0 Å². The van der Waals surface area contributed by atoms with Crippen molar-refractivity contribution >= 4 is 21.7 Å². The van der Waals surface area contributed by atoms with Crippen molar-refractivity contribution in [3.05, 3.63) is 54.1 Å². The SMILES string of the molecule is O=C(O)Cc1ccc(S(=O)(=O)Nc2ccc(F)nc2)cc1. The van der Waals surface area contributed by atoms with Crippen LogP contribution in [0.5, 0.6) is 0 Å². The Balaban J connectivity index is 2.19. The minimum Gasteiger partial charge on any atom is -0.481 e. The van der Waals surface area contributed by atoms with Crippen LogP contribution < -0.4 is 4.72 Å². The van der Waals surface area contributed by atoms with E-state index >= 15 is 0 Å². The predicted molar refractivity (Wildman–Crippen MR) is 72.8 cm³/mol. The molecule has 0 bridgehead atoms. The maximum atomic E-state index is 12.7. The summed E-state index contributed by atoms with van der Waals surface area (Å²) in [6, 6.07) is 7.73. The van der Waals surface area contributed by atoms with Gasteiger partial charge < -0.3 is 5.11 Å². The molecule has 0 atom stereocenters. The van der Waals surface area contributed by atoms with Crippen LogP contribution in [0.1, 0.15) is 5.56 Å². The van der Waals surface area contributed by atoms with E-state index in [0.29, 0.717) is 5.56 Å². The summed E-state index contributed by atoms with van der Waals surface area (Å²) in [5.41, 5.74) is 0.621. The van der Waals surface area contributed by atoms with Crippen LogP contribution in [-0.4, -0.2) is 24.5 Å². The molecule has 8 heteroatoms. The van der Waals surface area contributed by atoms with E-state index in [4.69, 9.17) is 5.11 Å². The van der Waals surface area contributed by atoms with Crippen molar-refractivity contribution < 1.29 is 22.7 Å². The van der Waals surface area contributed by atoms with Crippen LogP contribution in [0.15, 0.2) is 47.5 Å². The monoisotopic (exact) mass is 310 g/mol. The Labute approximate surface area is 120 Å². The number of anilines is 1. The van der Waals surface area contributed by atoms with Gasteiger partial charge in [-0.05, 0) is 29.8 Å². The number of carbonyl (C=O) groups is 1. The molecule has 0 amide bonds. The number of hydrogen-bond donors (Lipinski definition) is 2. The van der Waals surface area contributed by atoms with Gasteiger partial charge in [0.1, 0.15) is 0 Å². The number of pyridine rings is 1. The van der Waals surface area contributed by atoms with Crippen molar-refractivity contribution in [2.45, 2.75) is 11.3 Å². The number of aliphatic carboxylic acids is 1. The summed E-state index contributed by atoms with van der Waals surface area (Å²) in [6.07, 6.45) is 0.876. The number of aromatic nitrogens is 1. The fourth-order valence-electron chi connectivity index (χ4n) is 1.61. The zero-order valence-corrected chi connectivity index (χ0v) is 11.5. The van der Waals surface area contributed by atoms with Gasteiger partial charge in [-0.15, -0.1) is 0 Å². The summed E-state index contributed by atoms with van der Waals surface area (Å²) in [7, 11) is -3.83. The van der Waals surface area contributed by atoms with Crippen LogP contribution in [0.3, 0.4) is 0 Å². The second kappa shape index (κ2) is 5.88. The van der Waals surface area contributed by atoms with Crippen LogP contribution in [0.25, 0.3) is 0 Å². The van der Waals surface area contributed by atoms with E-state index in [-0.39, 0.29) is 17.0 Å². The van der Waals surface area contributed by atoms with Crippen LogP contribution in [0, 0.1) is 5.95 Å². The molecule has 0 saturated heterocycles. The van der Waals surface area contributed by atoms with Gasteiger partial charge >= 0.3 is 5.97 Å². The minimum absolute atomic E-state index is 0.0269. The van der Waals surface area contributed by atoms with Gasteiger partial charge in [0, 0.05) is 0 Å². The Hall–Kier alpha value is -2.48. The molecule has 1 aromatic carbocycles. The topological polar surface area (TPSA) is 96.4 Å². The normalized spacial score (nSPS) is 11.1. The van der Waals surface area contributed by atoms with Crippen molar-refractivity contribution in [3.8, 4) is 0 Å². The first-order chi connectivity index (χ1) is 9.87. The molecule has 0 saturated carbocycles. The quantitative estimate of drug-likeness (QED) is 0.819. The number of carboxylic acid groups (broad SMARTS) is 1. The Morgan fingerprint density at radius 3 is 2.38 bits per heavy atom. The molecule has 1 heterocycles. The molecule has 2 N–H and O–H groups in total. The predicted octanol–water partition coefficient (Wildman–Crippen LogP) is 1.65. The van der Waals surface area contributed by atoms with Crippen LogP contribution >= 0.6 is 0 Å². The van der Waals surface area contributed by atoms with Gasteiger partial charge in [0.05, 0.1) is 23.2 Å². The zero-order chi connectivity index (χ0) is 15.5. The fourth-order valence-corrected chi connectivity index (χ4v) is 2.65. The first-order valence-electron chi connectivity index (χ1n) is 5.82. The van der Waals surface area contributed by atoms with E-state index < -0.39 is 21.9 Å². The second-order valence-corrected chi connectivity index (χ2v) is 5.87. The lowest BCUT2D eigenvalue weighted by Crippen LogP contribution is -2.13.